The Morgan fingerprint density at radius 1 is 1.41 bits per heavy atom. The zero-order chi connectivity index (χ0) is 12.7. The van der Waals surface area contributed by atoms with Crippen LogP contribution in [0.1, 0.15) is 23.7 Å². The monoisotopic (exact) mass is 255 g/mol. The largest absolute Gasteiger partial charge is 0.497 e. The van der Waals surface area contributed by atoms with Gasteiger partial charge in [-0.1, -0.05) is 6.92 Å². The highest BCUT2D eigenvalue weighted by Crippen LogP contribution is 2.11. The fourth-order valence-electron chi connectivity index (χ4n) is 1.40. The summed E-state index contributed by atoms with van der Waals surface area (Å²) in [6.07, 6.45) is 0.907. The van der Waals surface area contributed by atoms with E-state index in [1.165, 1.54) is 0 Å². The number of ether oxygens (including phenoxy) is 1. The molecule has 17 heavy (non-hydrogen) atoms. The lowest BCUT2D eigenvalue weighted by Gasteiger charge is -2.11. The predicted molar refractivity (Wildman–Crippen MR) is 69.8 cm³/mol. The molecule has 1 aromatic rings. The van der Waals surface area contributed by atoms with Gasteiger partial charge in [0.05, 0.1) is 7.11 Å². The number of nitrogens with one attached hydrogen (secondary N) is 1. The van der Waals surface area contributed by atoms with Crippen LogP contribution in [0.4, 0.5) is 0 Å². The number of amides is 1. The number of hydrogen-bond donors (Lipinski definition) is 1. The Morgan fingerprint density at radius 2 is 2.06 bits per heavy atom. The summed E-state index contributed by atoms with van der Waals surface area (Å²) in [7, 11) is 1.60. The molecule has 0 aliphatic rings. The second-order valence-corrected chi connectivity index (χ2v) is 4.40. The number of benzene rings is 1. The van der Waals surface area contributed by atoms with Gasteiger partial charge in [0.2, 0.25) is 0 Å². The van der Waals surface area contributed by atoms with E-state index < -0.39 is 0 Å². The van der Waals surface area contributed by atoms with Gasteiger partial charge in [-0.3, -0.25) is 4.79 Å². The second-order valence-electron chi connectivity index (χ2n) is 4.02. The number of methoxy groups -OCH3 is 1. The lowest BCUT2D eigenvalue weighted by Crippen LogP contribution is -2.28. The fraction of sp³-hybridized carbons (Fsp3) is 0.462. The summed E-state index contributed by atoms with van der Waals surface area (Å²) < 4.78 is 5.03. The molecule has 0 spiro atoms. The van der Waals surface area contributed by atoms with Crippen LogP contribution in [-0.4, -0.2) is 25.4 Å². The molecule has 1 atom stereocenters. The third kappa shape index (κ3) is 4.65. The Labute approximate surface area is 107 Å². The smallest absolute Gasteiger partial charge is 0.251 e. The summed E-state index contributed by atoms with van der Waals surface area (Å²) in [5.41, 5.74) is 0.642. The third-order valence-electron chi connectivity index (χ3n) is 2.57. The van der Waals surface area contributed by atoms with E-state index in [1.54, 1.807) is 31.4 Å². The maximum absolute atomic E-state index is 11.8. The Hall–Kier alpha value is -1.22. The number of hydrogen-bond acceptors (Lipinski definition) is 2. The molecule has 0 saturated heterocycles. The minimum absolute atomic E-state index is 0.0610. The Kier molecular flexibility index (Phi) is 5.84. The van der Waals surface area contributed by atoms with Crippen molar-refractivity contribution in [1.82, 2.24) is 5.32 Å². The first-order valence-electron chi connectivity index (χ1n) is 5.65. The van der Waals surface area contributed by atoms with Gasteiger partial charge in [-0.15, -0.1) is 11.6 Å². The van der Waals surface area contributed by atoms with Crippen molar-refractivity contribution in [3.8, 4) is 5.75 Å². The molecule has 1 rings (SSSR count). The zero-order valence-electron chi connectivity index (χ0n) is 10.2. The van der Waals surface area contributed by atoms with Crippen LogP contribution in [0.2, 0.25) is 0 Å². The molecule has 1 amide bonds. The Balaban J connectivity index is 2.46. The highest BCUT2D eigenvalue weighted by atomic mass is 35.5. The van der Waals surface area contributed by atoms with Gasteiger partial charge < -0.3 is 10.1 Å². The summed E-state index contributed by atoms with van der Waals surface area (Å²) in [6.45, 7) is 2.72. The molecule has 0 heterocycles. The maximum atomic E-state index is 11.8. The topological polar surface area (TPSA) is 38.3 Å². The van der Waals surface area contributed by atoms with Crippen molar-refractivity contribution in [2.24, 2.45) is 5.92 Å². The average Bonchev–Trinajstić information content (AvgIpc) is 2.36. The lowest BCUT2D eigenvalue weighted by atomic mass is 10.1. The lowest BCUT2D eigenvalue weighted by molar-refractivity contribution is 0.0948. The number of carbonyl (C=O) groups is 1. The fourth-order valence-corrected chi connectivity index (χ4v) is 1.77. The first kappa shape index (κ1) is 13.8. The number of alkyl halides is 1. The van der Waals surface area contributed by atoms with E-state index in [0.717, 1.165) is 12.2 Å². The Bertz CT molecular complexity index is 351. The second kappa shape index (κ2) is 7.17. The van der Waals surface area contributed by atoms with Crippen molar-refractivity contribution in [3.63, 3.8) is 0 Å². The average molecular weight is 256 g/mol. The van der Waals surface area contributed by atoms with Gasteiger partial charge in [-0.05, 0) is 36.6 Å². The van der Waals surface area contributed by atoms with Crippen LogP contribution in [0.25, 0.3) is 0 Å². The van der Waals surface area contributed by atoms with Gasteiger partial charge in [0.15, 0.2) is 0 Å². The maximum Gasteiger partial charge on any atom is 0.251 e. The van der Waals surface area contributed by atoms with Crippen LogP contribution in [0, 0.1) is 5.92 Å². The zero-order valence-corrected chi connectivity index (χ0v) is 11.0. The molecule has 0 bridgehead atoms. The van der Waals surface area contributed by atoms with Crippen molar-refractivity contribution < 1.29 is 9.53 Å². The van der Waals surface area contributed by atoms with E-state index in [2.05, 4.69) is 12.2 Å². The highest BCUT2D eigenvalue weighted by molar-refractivity contribution is 6.17. The molecule has 0 saturated carbocycles. The van der Waals surface area contributed by atoms with E-state index in [4.69, 9.17) is 16.3 Å². The first-order valence-corrected chi connectivity index (χ1v) is 6.19. The summed E-state index contributed by atoms with van der Waals surface area (Å²) >= 11 is 5.64. The van der Waals surface area contributed by atoms with Crippen molar-refractivity contribution in [1.29, 1.82) is 0 Å². The minimum atomic E-state index is -0.0610. The number of carbonyl (C=O) groups excluding carboxylic acids is 1. The summed E-state index contributed by atoms with van der Waals surface area (Å²) in [6, 6.07) is 7.05. The first-order chi connectivity index (χ1) is 8.17. The normalized spacial score (nSPS) is 11.9. The molecule has 0 aromatic heterocycles. The van der Waals surface area contributed by atoms with Crippen LogP contribution < -0.4 is 10.1 Å². The molecule has 94 valence electrons. The summed E-state index contributed by atoms with van der Waals surface area (Å²) in [5, 5.41) is 2.88. The SMILES string of the molecule is COc1ccc(C(=O)NCC(C)CCCl)cc1. The van der Waals surface area contributed by atoms with Gasteiger partial charge in [-0.2, -0.15) is 0 Å². The molecule has 4 heteroatoms. The molecule has 0 fully saturated rings. The van der Waals surface area contributed by atoms with Gasteiger partial charge in [0.1, 0.15) is 5.75 Å². The van der Waals surface area contributed by atoms with Crippen LogP contribution in [-0.2, 0) is 0 Å². The summed E-state index contributed by atoms with van der Waals surface area (Å²) in [5.74, 6) is 1.71. The van der Waals surface area contributed by atoms with Crippen molar-refractivity contribution in [2.75, 3.05) is 19.5 Å². The van der Waals surface area contributed by atoms with Gasteiger partial charge in [-0.25, -0.2) is 0 Å². The van der Waals surface area contributed by atoms with Crippen LogP contribution in [0.5, 0.6) is 5.75 Å². The van der Waals surface area contributed by atoms with Crippen LogP contribution in [0.3, 0.4) is 0 Å². The molecular weight excluding hydrogens is 238 g/mol. The molecule has 1 N–H and O–H groups in total. The summed E-state index contributed by atoms with van der Waals surface area (Å²) in [4.78, 5) is 11.8. The molecule has 0 radical (unpaired) electrons. The number of halogens is 1. The van der Waals surface area contributed by atoms with Crippen LogP contribution >= 0.6 is 11.6 Å². The standard InChI is InChI=1S/C13H18ClNO2/c1-10(7-8-14)9-15-13(16)11-3-5-12(17-2)6-4-11/h3-6,10H,7-9H2,1-2H3,(H,15,16). The van der Waals surface area contributed by atoms with E-state index in [0.29, 0.717) is 23.9 Å². The molecule has 3 nitrogen and oxygen atoms in total. The molecule has 0 aliphatic carbocycles. The van der Waals surface area contributed by atoms with E-state index in [1.807, 2.05) is 0 Å². The highest BCUT2D eigenvalue weighted by Gasteiger charge is 2.07. The molecular formula is C13H18ClNO2. The van der Waals surface area contributed by atoms with E-state index >= 15 is 0 Å². The minimum Gasteiger partial charge on any atom is -0.497 e. The van der Waals surface area contributed by atoms with Crippen molar-refractivity contribution in [2.45, 2.75) is 13.3 Å². The number of rotatable bonds is 6. The van der Waals surface area contributed by atoms with Crippen molar-refractivity contribution in [3.05, 3.63) is 29.8 Å². The van der Waals surface area contributed by atoms with E-state index in [-0.39, 0.29) is 5.91 Å². The van der Waals surface area contributed by atoms with E-state index in [9.17, 15) is 4.79 Å². The molecule has 0 aliphatic heterocycles. The third-order valence-corrected chi connectivity index (χ3v) is 2.78. The van der Waals surface area contributed by atoms with Gasteiger partial charge in [0.25, 0.3) is 5.91 Å². The quantitative estimate of drug-likeness (QED) is 0.794. The predicted octanol–water partition coefficient (Wildman–Crippen LogP) is 2.69. The van der Waals surface area contributed by atoms with Gasteiger partial charge in [0, 0.05) is 18.0 Å². The van der Waals surface area contributed by atoms with Gasteiger partial charge >= 0.3 is 0 Å². The Morgan fingerprint density at radius 3 is 2.59 bits per heavy atom. The molecule has 1 aromatic carbocycles. The van der Waals surface area contributed by atoms with Crippen LogP contribution in [0.15, 0.2) is 24.3 Å². The molecule has 1 unspecified atom stereocenters. The van der Waals surface area contributed by atoms with Crippen molar-refractivity contribution >= 4 is 17.5 Å².